The Hall–Kier alpha value is -0.330. The zero-order valence-electron chi connectivity index (χ0n) is 6.10. The molecule has 3 aliphatic carbocycles. The van der Waals surface area contributed by atoms with E-state index in [4.69, 9.17) is 0 Å². The van der Waals surface area contributed by atoms with Crippen molar-refractivity contribution in [2.45, 2.75) is 32.1 Å². The van der Waals surface area contributed by atoms with E-state index in [9.17, 15) is 4.79 Å². The second kappa shape index (κ2) is 1.32. The highest BCUT2D eigenvalue weighted by atomic mass is 16.1. The van der Waals surface area contributed by atoms with Gasteiger partial charge in [-0.05, 0) is 31.1 Å². The van der Waals surface area contributed by atoms with Crippen LogP contribution in [-0.4, -0.2) is 5.78 Å². The summed E-state index contributed by atoms with van der Waals surface area (Å²) in [7, 11) is 0. The lowest BCUT2D eigenvalue weighted by molar-refractivity contribution is -0.123. The van der Waals surface area contributed by atoms with Crippen LogP contribution in [0.25, 0.3) is 0 Å². The molecule has 1 spiro atoms. The van der Waals surface area contributed by atoms with E-state index in [1.54, 1.807) is 0 Å². The third-order valence-electron chi connectivity index (χ3n) is 4.01. The van der Waals surface area contributed by atoms with Gasteiger partial charge >= 0.3 is 0 Å². The summed E-state index contributed by atoms with van der Waals surface area (Å²) in [6.07, 6.45) is 6.05. The normalized spacial score (nSPS) is 56.6. The molecule has 3 unspecified atom stereocenters. The number of hydrogen-bond acceptors (Lipinski definition) is 1. The lowest BCUT2D eigenvalue weighted by Gasteiger charge is -2.03. The standard InChI is InChI=1S/C9H12O/c10-8-4-3-7-6-2-1-5-9(6,7)8/h6-7H,1-5H2. The quantitative estimate of drug-likeness (QED) is 0.496. The molecule has 3 atom stereocenters. The van der Waals surface area contributed by atoms with E-state index in [0.717, 1.165) is 18.3 Å². The highest BCUT2D eigenvalue weighted by molar-refractivity contribution is 5.91. The van der Waals surface area contributed by atoms with Gasteiger partial charge in [0.1, 0.15) is 5.78 Å². The van der Waals surface area contributed by atoms with Crippen LogP contribution in [0.4, 0.5) is 0 Å². The third-order valence-corrected chi connectivity index (χ3v) is 4.01. The molecule has 0 aromatic rings. The van der Waals surface area contributed by atoms with Gasteiger partial charge in [-0.2, -0.15) is 0 Å². The Balaban J connectivity index is 2.04. The van der Waals surface area contributed by atoms with E-state index < -0.39 is 0 Å². The van der Waals surface area contributed by atoms with Gasteiger partial charge in [0.25, 0.3) is 0 Å². The van der Waals surface area contributed by atoms with Gasteiger partial charge in [-0.15, -0.1) is 0 Å². The summed E-state index contributed by atoms with van der Waals surface area (Å²) >= 11 is 0. The number of Topliss-reactive ketones (excluding diaryl/α,β-unsaturated/α-hetero) is 1. The predicted octanol–water partition coefficient (Wildman–Crippen LogP) is 1.77. The Morgan fingerprint density at radius 1 is 1.30 bits per heavy atom. The van der Waals surface area contributed by atoms with Crippen LogP contribution in [0.5, 0.6) is 0 Å². The molecular formula is C9H12O. The number of hydrogen-bond donors (Lipinski definition) is 0. The summed E-state index contributed by atoms with van der Waals surface area (Å²) < 4.78 is 0. The summed E-state index contributed by atoms with van der Waals surface area (Å²) in [4.78, 5) is 11.4. The van der Waals surface area contributed by atoms with Crippen molar-refractivity contribution >= 4 is 5.78 Å². The lowest BCUT2D eigenvalue weighted by atomic mass is 10.00. The van der Waals surface area contributed by atoms with E-state index in [0.29, 0.717) is 11.2 Å². The Labute approximate surface area is 60.8 Å². The molecule has 0 amide bonds. The van der Waals surface area contributed by atoms with Crippen molar-refractivity contribution in [1.29, 1.82) is 0 Å². The molecule has 0 aliphatic heterocycles. The molecule has 0 saturated heterocycles. The van der Waals surface area contributed by atoms with Gasteiger partial charge in [-0.1, -0.05) is 6.42 Å². The van der Waals surface area contributed by atoms with Gasteiger partial charge in [-0.3, -0.25) is 4.79 Å². The fourth-order valence-electron chi connectivity index (χ4n) is 3.58. The second-order valence-electron chi connectivity index (χ2n) is 4.11. The smallest absolute Gasteiger partial charge is 0.139 e. The molecule has 0 aromatic heterocycles. The second-order valence-corrected chi connectivity index (χ2v) is 4.11. The average Bonchev–Trinajstić information content (AvgIpc) is 2.30. The van der Waals surface area contributed by atoms with Crippen molar-refractivity contribution < 1.29 is 4.79 Å². The molecule has 3 fully saturated rings. The van der Waals surface area contributed by atoms with Crippen molar-refractivity contribution in [3.63, 3.8) is 0 Å². The molecule has 3 aliphatic rings. The predicted molar refractivity (Wildman–Crippen MR) is 37.5 cm³/mol. The Kier molecular flexibility index (Phi) is 0.704. The van der Waals surface area contributed by atoms with Crippen molar-refractivity contribution in [3.8, 4) is 0 Å². The average molecular weight is 136 g/mol. The topological polar surface area (TPSA) is 17.1 Å². The molecule has 54 valence electrons. The van der Waals surface area contributed by atoms with Gasteiger partial charge in [-0.25, -0.2) is 0 Å². The van der Waals surface area contributed by atoms with Crippen LogP contribution in [0, 0.1) is 17.3 Å². The van der Waals surface area contributed by atoms with Crippen molar-refractivity contribution in [2.75, 3.05) is 0 Å². The van der Waals surface area contributed by atoms with Crippen LogP contribution < -0.4 is 0 Å². The lowest BCUT2D eigenvalue weighted by Crippen LogP contribution is -2.10. The van der Waals surface area contributed by atoms with E-state index in [-0.39, 0.29) is 0 Å². The van der Waals surface area contributed by atoms with E-state index in [2.05, 4.69) is 0 Å². The van der Waals surface area contributed by atoms with Crippen molar-refractivity contribution in [2.24, 2.45) is 17.3 Å². The van der Waals surface area contributed by atoms with Crippen LogP contribution in [0.3, 0.4) is 0 Å². The number of fused-ring (bicyclic) bond motifs is 1. The minimum absolute atomic E-state index is 0.292. The molecule has 0 radical (unpaired) electrons. The Morgan fingerprint density at radius 3 is 2.80 bits per heavy atom. The van der Waals surface area contributed by atoms with Gasteiger partial charge in [0.05, 0.1) is 0 Å². The van der Waals surface area contributed by atoms with Crippen LogP contribution in [0.2, 0.25) is 0 Å². The first-order valence-electron chi connectivity index (χ1n) is 4.39. The summed E-state index contributed by atoms with van der Waals surface area (Å²) in [6, 6.07) is 0. The Morgan fingerprint density at radius 2 is 2.10 bits per heavy atom. The highest BCUT2D eigenvalue weighted by Crippen LogP contribution is 2.74. The molecule has 1 nitrogen and oxygen atoms in total. The monoisotopic (exact) mass is 136 g/mol. The number of carbonyl (C=O) groups excluding carboxylic acids is 1. The summed E-state index contributed by atoms with van der Waals surface area (Å²) in [5.41, 5.74) is 0.292. The van der Waals surface area contributed by atoms with Crippen LogP contribution in [-0.2, 0) is 4.79 Å². The molecule has 3 rings (SSSR count). The first kappa shape index (κ1) is 5.34. The minimum atomic E-state index is 0.292. The van der Waals surface area contributed by atoms with Crippen molar-refractivity contribution in [1.82, 2.24) is 0 Å². The van der Waals surface area contributed by atoms with E-state index in [1.807, 2.05) is 0 Å². The largest absolute Gasteiger partial charge is 0.299 e. The molecule has 3 saturated carbocycles. The van der Waals surface area contributed by atoms with Crippen LogP contribution in [0.15, 0.2) is 0 Å². The summed E-state index contributed by atoms with van der Waals surface area (Å²) in [5.74, 6) is 2.32. The third kappa shape index (κ3) is 0.340. The fourth-order valence-corrected chi connectivity index (χ4v) is 3.58. The molecule has 0 aromatic carbocycles. The summed E-state index contributed by atoms with van der Waals surface area (Å²) in [6.45, 7) is 0. The molecule has 0 bridgehead atoms. The van der Waals surface area contributed by atoms with Gasteiger partial charge in [0.2, 0.25) is 0 Å². The van der Waals surface area contributed by atoms with Crippen LogP contribution >= 0.6 is 0 Å². The highest BCUT2D eigenvalue weighted by Gasteiger charge is 2.72. The first-order valence-corrected chi connectivity index (χ1v) is 4.39. The summed E-state index contributed by atoms with van der Waals surface area (Å²) in [5, 5.41) is 0. The number of carbonyl (C=O) groups is 1. The first-order chi connectivity index (χ1) is 4.86. The van der Waals surface area contributed by atoms with Gasteiger partial charge in [0, 0.05) is 11.8 Å². The Bertz CT molecular complexity index is 203. The molecule has 1 heteroatoms. The van der Waals surface area contributed by atoms with Gasteiger partial charge in [0.15, 0.2) is 0 Å². The van der Waals surface area contributed by atoms with E-state index >= 15 is 0 Å². The van der Waals surface area contributed by atoms with Gasteiger partial charge < -0.3 is 0 Å². The molecular weight excluding hydrogens is 124 g/mol. The zero-order valence-corrected chi connectivity index (χ0v) is 6.10. The maximum atomic E-state index is 11.4. The maximum absolute atomic E-state index is 11.4. The minimum Gasteiger partial charge on any atom is -0.299 e. The molecule has 0 heterocycles. The molecule has 10 heavy (non-hydrogen) atoms. The zero-order chi connectivity index (χ0) is 6.77. The number of rotatable bonds is 0. The SMILES string of the molecule is O=C1CCC2C3CCCC132. The van der Waals surface area contributed by atoms with Crippen molar-refractivity contribution in [3.05, 3.63) is 0 Å². The maximum Gasteiger partial charge on any atom is 0.139 e. The van der Waals surface area contributed by atoms with Crippen LogP contribution in [0.1, 0.15) is 32.1 Å². The molecule has 0 N–H and O–H groups in total. The van der Waals surface area contributed by atoms with E-state index in [1.165, 1.54) is 25.7 Å². The fraction of sp³-hybridized carbons (Fsp3) is 0.889. The number of ketones is 1.